The van der Waals surface area contributed by atoms with Crippen molar-refractivity contribution in [3.8, 4) is 0 Å². The summed E-state index contributed by atoms with van der Waals surface area (Å²) >= 11 is 0. The summed E-state index contributed by atoms with van der Waals surface area (Å²) in [4.78, 5) is 0. The third kappa shape index (κ3) is 5.79. The lowest BCUT2D eigenvalue weighted by Gasteiger charge is -2.17. The molecule has 0 heterocycles. The van der Waals surface area contributed by atoms with Gasteiger partial charge in [-0.2, -0.15) is 0 Å². The standard InChI is InChI=1S/C8H18N2/c1-7(2)5-10(9)6-8(3)4/h8H,1,5-6,9H2,2-4H3. The molecule has 2 nitrogen and oxygen atoms in total. The molecule has 0 aliphatic carbocycles. The third-order valence-electron chi connectivity index (χ3n) is 1.07. The normalized spacial score (nSPS) is 11.0. The van der Waals surface area contributed by atoms with Crippen molar-refractivity contribution >= 4 is 0 Å². The summed E-state index contributed by atoms with van der Waals surface area (Å²) in [7, 11) is 0. The fourth-order valence-electron chi connectivity index (χ4n) is 0.880. The summed E-state index contributed by atoms with van der Waals surface area (Å²) in [5.74, 6) is 6.28. The lowest BCUT2D eigenvalue weighted by Crippen LogP contribution is -2.35. The van der Waals surface area contributed by atoms with Crippen LogP contribution in [0.4, 0.5) is 0 Å². The average molecular weight is 142 g/mol. The van der Waals surface area contributed by atoms with Crippen LogP contribution in [0.1, 0.15) is 20.8 Å². The quantitative estimate of drug-likeness (QED) is 0.365. The van der Waals surface area contributed by atoms with Gasteiger partial charge < -0.3 is 0 Å². The molecule has 0 bridgehead atoms. The van der Waals surface area contributed by atoms with Gasteiger partial charge in [0.15, 0.2) is 0 Å². The van der Waals surface area contributed by atoms with Crippen LogP contribution in [0.15, 0.2) is 12.2 Å². The summed E-state index contributed by atoms with van der Waals surface area (Å²) in [6.45, 7) is 11.8. The van der Waals surface area contributed by atoms with E-state index in [4.69, 9.17) is 5.84 Å². The Morgan fingerprint density at radius 1 is 1.60 bits per heavy atom. The van der Waals surface area contributed by atoms with E-state index < -0.39 is 0 Å². The Labute approximate surface area is 63.7 Å². The molecule has 0 aliphatic heterocycles. The van der Waals surface area contributed by atoms with Crippen molar-refractivity contribution in [3.63, 3.8) is 0 Å². The van der Waals surface area contributed by atoms with Gasteiger partial charge in [0.05, 0.1) is 0 Å². The van der Waals surface area contributed by atoms with Crippen molar-refractivity contribution in [2.75, 3.05) is 13.1 Å². The van der Waals surface area contributed by atoms with Gasteiger partial charge in [-0.25, -0.2) is 5.01 Å². The second-order valence-electron chi connectivity index (χ2n) is 3.28. The Morgan fingerprint density at radius 3 is 2.40 bits per heavy atom. The van der Waals surface area contributed by atoms with Crippen LogP contribution in [0.3, 0.4) is 0 Å². The van der Waals surface area contributed by atoms with Crippen molar-refractivity contribution in [1.29, 1.82) is 0 Å². The molecule has 0 aliphatic rings. The van der Waals surface area contributed by atoms with E-state index in [0.717, 1.165) is 18.7 Å². The fraction of sp³-hybridized carbons (Fsp3) is 0.750. The highest BCUT2D eigenvalue weighted by atomic mass is 15.4. The van der Waals surface area contributed by atoms with Crippen LogP contribution in [-0.2, 0) is 0 Å². The first-order chi connectivity index (χ1) is 4.52. The SMILES string of the molecule is C=C(C)CN(N)CC(C)C. The van der Waals surface area contributed by atoms with Crippen LogP contribution in [-0.4, -0.2) is 18.1 Å². The van der Waals surface area contributed by atoms with Gasteiger partial charge in [-0.15, -0.1) is 0 Å². The molecule has 10 heavy (non-hydrogen) atoms. The molecule has 2 N–H and O–H groups in total. The van der Waals surface area contributed by atoms with E-state index in [0.29, 0.717) is 5.92 Å². The topological polar surface area (TPSA) is 29.3 Å². The lowest BCUT2D eigenvalue weighted by atomic mass is 10.2. The zero-order valence-electron chi connectivity index (χ0n) is 7.22. The molecule has 0 unspecified atom stereocenters. The molecule has 60 valence electrons. The maximum atomic E-state index is 5.65. The minimum Gasteiger partial charge on any atom is -0.268 e. The van der Waals surface area contributed by atoms with Crippen LogP contribution in [0.25, 0.3) is 0 Å². The highest BCUT2D eigenvalue weighted by molar-refractivity contribution is 4.90. The van der Waals surface area contributed by atoms with Gasteiger partial charge in [-0.1, -0.05) is 26.0 Å². The van der Waals surface area contributed by atoms with Crippen molar-refractivity contribution < 1.29 is 0 Å². The second kappa shape index (κ2) is 4.47. The summed E-state index contributed by atoms with van der Waals surface area (Å²) in [6, 6.07) is 0. The van der Waals surface area contributed by atoms with Crippen LogP contribution in [0.2, 0.25) is 0 Å². The first-order valence-electron chi connectivity index (χ1n) is 3.66. The van der Waals surface area contributed by atoms with Gasteiger partial charge in [0, 0.05) is 13.1 Å². The molecule has 0 atom stereocenters. The van der Waals surface area contributed by atoms with E-state index in [-0.39, 0.29) is 0 Å². The van der Waals surface area contributed by atoms with E-state index in [1.807, 2.05) is 6.92 Å². The number of nitrogens with two attached hydrogens (primary N) is 1. The van der Waals surface area contributed by atoms with E-state index in [1.54, 1.807) is 5.01 Å². The second-order valence-corrected chi connectivity index (χ2v) is 3.28. The van der Waals surface area contributed by atoms with Crippen molar-refractivity contribution in [2.45, 2.75) is 20.8 Å². The number of nitrogens with zero attached hydrogens (tertiary/aromatic N) is 1. The molecule has 0 aromatic rings. The Morgan fingerprint density at radius 2 is 2.10 bits per heavy atom. The van der Waals surface area contributed by atoms with E-state index in [1.165, 1.54) is 0 Å². The van der Waals surface area contributed by atoms with E-state index in [9.17, 15) is 0 Å². The minimum absolute atomic E-state index is 0.629. The molecule has 2 heteroatoms. The molecule has 0 saturated heterocycles. The minimum atomic E-state index is 0.629. The van der Waals surface area contributed by atoms with Crippen molar-refractivity contribution in [3.05, 3.63) is 12.2 Å². The van der Waals surface area contributed by atoms with Gasteiger partial charge in [0.1, 0.15) is 0 Å². The molecule has 0 amide bonds. The molecule has 0 aromatic heterocycles. The van der Waals surface area contributed by atoms with Crippen LogP contribution in [0.5, 0.6) is 0 Å². The average Bonchev–Trinajstić information content (AvgIpc) is 1.58. The molecule has 0 radical (unpaired) electrons. The molecule has 0 saturated carbocycles. The number of hydrogen-bond acceptors (Lipinski definition) is 2. The Balaban J connectivity index is 3.43. The maximum absolute atomic E-state index is 5.65. The van der Waals surface area contributed by atoms with Gasteiger partial charge >= 0.3 is 0 Å². The van der Waals surface area contributed by atoms with Crippen molar-refractivity contribution in [2.24, 2.45) is 11.8 Å². The number of rotatable bonds is 4. The highest BCUT2D eigenvalue weighted by Crippen LogP contribution is 1.96. The maximum Gasteiger partial charge on any atom is 0.0333 e. The predicted octanol–water partition coefficient (Wildman–Crippen LogP) is 1.39. The molecular weight excluding hydrogens is 124 g/mol. The van der Waals surface area contributed by atoms with E-state index >= 15 is 0 Å². The van der Waals surface area contributed by atoms with Gasteiger partial charge in [0.2, 0.25) is 0 Å². The zero-order valence-corrected chi connectivity index (χ0v) is 7.22. The first kappa shape index (κ1) is 9.66. The molecule has 0 aromatic carbocycles. The van der Waals surface area contributed by atoms with Crippen LogP contribution < -0.4 is 5.84 Å². The number of hydrazine groups is 1. The largest absolute Gasteiger partial charge is 0.268 e. The Hall–Kier alpha value is -0.340. The summed E-state index contributed by atoms with van der Waals surface area (Å²) in [5, 5.41) is 1.80. The Bertz CT molecular complexity index is 108. The monoisotopic (exact) mass is 142 g/mol. The zero-order chi connectivity index (χ0) is 8.15. The van der Waals surface area contributed by atoms with Crippen LogP contribution >= 0.6 is 0 Å². The highest BCUT2D eigenvalue weighted by Gasteiger charge is 2.00. The summed E-state index contributed by atoms with van der Waals surface area (Å²) < 4.78 is 0. The van der Waals surface area contributed by atoms with Gasteiger partial charge in [-0.3, -0.25) is 5.84 Å². The molecule has 0 rings (SSSR count). The first-order valence-corrected chi connectivity index (χ1v) is 3.66. The van der Waals surface area contributed by atoms with Crippen molar-refractivity contribution in [1.82, 2.24) is 5.01 Å². The predicted molar refractivity (Wildman–Crippen MR) is 45.4 cm³/mol. The molecule has 0 fully saturated rings. The van der Waals surface area contributed by atoms with Crippen LogP contribution in [0, 0.1) is 5.92 Å². The summed E-state index contributed by atoms with van der Waals surface area (Å²) in [5.41, 5.74) is 1.11. The smallest absolute Gasteiger partial charge is 0.0333 e. The van der Waals surface area contributed by atoms with Gasteiger partial charge in [0.25, 0.3) is 0 Å². The van der Waals surface area contributed by atoms with E-state index in [2.05, 4.69) is 20.4 Å². The Kier molecular flexibility index (Phi) is 4.32. The molecule has 0 spiro atoms. The summed E-state index contributed by atoms with van der Waals surface area (Å²) in [6.07, 6.45) is 0. The number of hydrogen-bond donors (Lipinski definition) is 1. The van der Waals surface area contributed by atoms with Gasteiger partial charge in [-0.05, 0) is 12.8 Å². The third-order valence-corrected chi connectivity index (χ3v) is 1.07. The molecular formula is C8H18N2. The fourth-order valence-corrected chi connectivity index (χ4v) is 0.880. The lowest BCUT2D eigenvalue weighted by molar-refractivity contribution is 0.272.